The molecule has 3 rings (SSSR count). The molecule has 6 heteroatoms. The lowest BCUT2D eigenvalue weighted by molar-refractivity contribution is 0.0922. The minimum Gasteiger partial charge on any atom is -0.394 e. The number of rotatable bonds is 7. The molecule has 1 amide bonds. The Hall–Kier alpha value is -2.60. The van der Waals surface area contributed by atoms with E-state index in [-0.39, 0.29) is 18.6 Å². The molecule has 34 heavy (non-hydrogen) atoms. The van der Waals surface area contributed by atoms with Crippen LogP contribution in [0.5, 0.6) is 0 Å². The maximum absolute atomic E-state index is 12.1. The van der Waals surface area contributed by atoms with Crippen molar-refractivity contribution in [1.29, 1.82) is 0 Å². The van der Waals surface area contributed by atoms with E-state index in [4.69, 9.17) is 5.11 Å². The highest BCUT2D eigenvalue weighted by atomic mass is 16.3. The molecule has 0 saturated heterocycles. The first-order valence-electron chi connectivity index (χ1n) is 12.7. The summed E-state index contributed by atoms with van der Waals surface area (Å²) in [6.45, 7) is 14.0. The van der Waals surface area contributed by atoms with Crippen LogP contribution in [0.1, 0.15) is 89.9 Å². The van der Waals surface area contributed by atoms with E-state index in [1.165, 1.54) is 50.5 Å². The van der Waals surface area contributed by atoms with Gasteiger partial charge in [-0.3, -0.25) is 4.79 Å². The lowest BCUT2D eigenvalue weighted by Gasteiger charge is -2.12. The molecule has 6 nitrogen and oxygen atoms in total. The second kappa shape index (κ2) is 16.9. The number of anilines is 1. The number of benzene rings is 1. The number of hydrogen-bond acceptors (Lipinski definition) is 4. The summed E-state index contributed by atoms with van der Waals surface area (Å²) >= 11 is 0. The first-order valence-corrected chi connectivity index (χ1v) is 12.7. The van der Waals surface area contributed by atoms with Crippen LogP contribution in [0.4, 0.5) is 5.95 Å². The van der Waals surface area contributed by atoms with E-state index in [2.05, 4.69) is 47.1 Å². The second-order valence-electron chi connectivity index (χ2n) is 9.07. The van der Waals surface area contributed by atoms with Crippen LogP contribution in [0.15, 0.2) is 42.5 Å². The fourth-order valence-electron chi connectivity index (χ4n) is 3.52. The van der Waals surface area contributed by atoms with Crippen LogP contribution >= 0.6 is 0 Å². The maximum atomic E-state index is 12.1. The highest BCUT2D eigenvalue weighted by molar-refractivity contribution is 5.97. The summed E-state index contributed by atoms with van der Waals surface area (Å²) < 4.78 is 0. The van der Waals surface area contributed by atoms with Crippen LogP contribution in [0.2, 0.25) is 0 Å². The average Bonchev–Trinajstić information content (AvgIpc) is 3.02. The first kappa shape index (κ1) is 29.4. The van der Waals surface area contributed by atoms with Gasteiger partial charge in [0.1, 0.15) is 0 Å². The zero-order valence-electron chi connectivity index (χ0n) is 21.9. The van der Waals surface area contributed by atoms with Gasteiger partial charge in [0.15, 0.2) is 0 Å². The number of nitrogens with one attached hydrogen (secondary N) is 3. The molecule has 0 spiro atoms. The number of aliphatic hydroxyl groups is 1. The quantitative estimate of drug-likeness (QED) is 0.271. The molecule has 1 fully saturated rings. The lowest BCUT2D eigenvalue weighted by Crippen LogP contribution is -2.34. The third-order valence-corrected chi connectivity index (χ3v) is 5.95. The summed E-state index contributed by atoms with van der Waals surface area (Å²) in [6, 6.07) is 5.05. The molecule has 190 valence electrons. The highest BCUT2D eigenvalue weighted by Crippen LogP contribution is 2.18. The van der Waals surface area contributed by atoms with E-state index >= 15 is 0 Å². The van der Waals surface area contributed by atoms with E-state index in [1.54, 1.807) is 25.1 Å². The normalized spacial score (nSPS) is 15.5. The van der Waals surface area contributed by atoms with Gasteiger partial charge in [0.2, 0.25) is 5.95 Å². The molecule has 2 atom stereocenters. The fraction of sp³-hybridized carbons (Fsp3) is 0.571. The van der Waals surface area contributed by atoms with Gasteiger partial charge < -0.3 is 20.7 Å². The molecule has 2 aromatic rings. The Morgan fingerprint density at radius 2 is 1.71 bits per heavy atom. The molecule has 1 saturated carbocycles. The molecule has 1 aromatic heterocycles. The molecular formula is C28H46N4O2. The number of imidazole rings is 1. The van der Waals surface area contributed by atoms with Crippen molar-refractivity contribution in [2.45, 2.75) is 85.6 Å². The number of aliphatic hydroxyl groups excluding tert-OH is 1. The van der Waals surface area contributed by atoms with Gasteiger partial charge in [-0.05, 0) is 51.8 Å². The predicted molar refractivity (Wildman–Crippen MR) is 145 cm³/mol. The van der Waals surface area contributed by atoms with E-state index in [1.807, 2.05) is 19.9 Å². The number of hydrogen-bond donors (Lipinski definition) is 4. The Morgan fingerprint density at radius 1 is 1.15 bits per heavy atom. The molecule has 0 radical (unpaired) electrons. The van der Waals surface area contributed by atoms with Gasteiger partial charge in [-0.2, -0.15) is 0 Å². The number of carbonyl (C=O) groups excluding carboxylic acids is 1. The van der Waals surface area contributed by atoms with Crippen LogP contribution < -0.4 is 10.6 Å². The number of nitrogens with zero attached hydrogens (tertiary/aromatic N) is 1. The molecule has 1 aliphatic carbocycles. The van der Waals surface area contributed by atoms with Crippen molar-refractivity contribution in [3.8, 4) is 0 Å². The highest BCUT2D eigenvalue weighted by Gasteiger charge is 2.12. The van der Waals surface area contributed by atoms with Gasteiger partial charge in [0, 0.05) is 18.2 Å². The van der Waals surface area contributed by atoms with Gasteiger partial charge in [-0.1, -0.05) is 69.6 Å². The summed E-state index contributed by atoms with van der Waals surface area (Å²) in [4.78, 5) is 19.8. The summed E-state index contributed by atoms with van der Waals surface area (Å²) in [6.07, 6.45) is 14.4. The number of allylic oxidation sites excluding steroid dienone is 2. The number of aromatic amines is 1. The van der Waals surface area contributed by atoms with E-state index in [0.717, 1.165) is 17.6 Å². The van der Waals surface area contributed by atoms with Gasteiger partial charge >= 0.3 is 0 Å². The molecule has 4 N–H and O–H groups in total. The third kappa shape index (κ3) is 11.0. The Balaban J connectivity index is 0.000000480. The largest absolute Gasteiger partial charge is 0.394 e. The molecule has 1 heterocycles. The van der Waals surface area contributed by atoms with Crippen molar-refractivity contribution in [2.24, 2.45) is 5.92 Å². The van der Waals surface area contributed by atoms with Gasteiger partial charge in [0.05, 0.1) is 17.6 Å². The third-order valence-electron chi connectivity index (χ3n) is 5.95. The molecular weight excluding hydrogens is 424 g/mol. The van der Waals surface area contributed by atoms with E-state index < -0.39 is 0 Å². The van der Waals surface area contributed by atoms with E-state index in [0.29, 0.717) is 17.4 Å². The van der Waals surface area contributed by atoms with Crippen LogP contribution in [0.3, 0.4) is 0 Å². The first-order chi connectivity index (χ1) is 16.4. The zero-order chi connectivity index (χ0) is 25.3. The molecule has 0 bridgehead atoms. The van der Waals surface area contributed by atoms with Crippen molar-refractivity contribution in [3.63, 3.8) is 0 Å². The lowest BCUT2D eigenvalue weighted by atomic mass is 10.0. The van der Waals surface area contributed by atoms with E-state index in [9.17, 15) is 4.79 Å². The Morgan fingerprint density at radius 3 is 2.21 bits per heavy atom. The standard InChI is InChI=1S/C18H26N4O2.C7H14.C3H6/c1-5-11(2)12(3)9-19-18-21-15-7-6-14(8-16(15)22-18)17(24)20-13(4)10-23;1-2-4-6-7-5-3-1;1-3-2/h5-8,12-13,23H,9-10H2,1-4H3,(H,20,24)(H2,19,21,22);1-7H2;3H,1H2,2H3/b11-5-;;. The molecule has 0 aliphatic heterocycles. The van der Waals surface area contributed by atoms with Crippen LogP contribution in [0, 0.1) is 5.92 Å². The van der Waals surface area contributed by atoms with Crippen molar-refractivity contribution in [3.05, 3.63) is 48.1 Å². The SMILES string of the molecule is C/C=C(/C)C(C)CNc1nc2ccc(C(=O)NC(C)CO)cc2[nH]1.C1CCCCCC1.C=CC. The number of fused-ring (bicyclic) bond motifs is 1. The van der Waals surface area contributed by atoms with Gasteiger partial charge in [0.25, 0.3) is 5.91 Å². The maximum Gasteiger partial charge on any atom is 0.251 e. The Kier molecular flexibility index (Phi) is 14.7. The van der Waals surface area contributed by atoms with Gasteiger partial charge in [-0.15, -0.1) is 6.58 Å². The molecule has 2 unspecified atom stereocenters. The average molecular weight is 471 g/mol. The van der Waals surface area contributed by atoms with Gasteiger partial charge in [-0.25, -0.2) is 4.98 Å². The van der Waals surface area contributed by atoms with Crippen molar-refractivity contribution < 1.29 is 9.90 Å². The minimum absolute atomic E-state index is 0.0874. The Labute approximate surface area is 206 Å². The van der Waals surface area contributed by atoms with Crippen LogP contribution in [0.25, 0.3) is 11.0 Å². The summed E-state index contributed by atoms with van der Waals surface area (Å²) in [5.41, 5.74) is 3.48. The molecule has 1 aromatic carbocycles. The van der Waals surface area contributed by atoms with Crippen molar-refractivity contribution in [1.82, 2.24) is 15.3 Å². The van der Waals surface area contributed by atoms with Crippen LogP contribution in [-0.4, -0.2) is 40.2 Å². The number of carbonyl (C=O) groups is 1. The minimum atomic E-state index is -0.275. The van der Waals surface area contributed by atoms with Crippen molar-refractivity contribution in [2.75, 3.05) is 18.5 Å². The van der Waals surface area contributed by atoms with Crippen LogP contribution in [-0.2, 0) is 0 Å². The Bertz CT molecular complexity index is 868. The predicted octanol–water partition coefficient (Wildman–Crippen LogP) is 6.61. The zero-order valence-corrected chi connectivity index (χ0v) is 21.9. The number of aromatic nitrogens is 2. The summed E-state index contributed by atoms with van der Waals surface area (Å²) in [5, 5.41) is 15.1. The fourth-order valence-corrected chi connectivity index (χ4v) is 3.52. The smallest absolute Gasteiger partial charge is 0.251 e. The topological polar surface area (TPSA) is 90.0 Å². The molecule has 1 aliphatic rings. The summed E-state index contributed by atoms with van der Waals surface area (Å²) in [7, 11) is 0. The monoisotopic (exact) mass is 470 g/mol. The number of amides is 1. The number of H-pyrrole nitrogens is 1. The second-order valence-corrected chi connectivity index (χ2v) is 9.07. The van der Waals surface area contributed by atoms with Crippen molar-refractivity contribution >= 4 is 22.9 Å². The summed E-state index contributed by atoms with van der Waals surface area (Å²) in [5.74, 6) is 0.909.